The quantitative estimate of drug-likeness (QED) is 0.818. The summed E-state index contributed by atoms with van der Waals surface area (Å²) in [6.45, 7) is 5.40. The van der Waals surface area contributed by atoms with Crippen molar-refractivity contribution in [1.82, 2.24) is 9.80 Å². The Hall–Kier alpha value is -2.17. The van der Waals surface area contributed by atoms with Gasteiger partial charge in [0.1, 0.15) is 5.41 Å². The van der Waals surface area contributed by atoms with E-state index in [1.54, 1.807) is 0 Å². The number of carbonyl (C=O) groups excluding carboxylic acids is 1. The zero-order chi connectivity index (χ0) is 18.7. The van der Waals surface area contributed by atoms with Crippen LogP contribution in [0.2, 0.25) is 0 Å². The van der Waals surface area contributed by atoms with Gasteiger partial charge in [-0.25, -0.2) is 0 Å². The largest absolute Gasteiger partial charge is 0.379 e. The fraction of sp³-hybridized carbons (Fsp3) is 0.435. The average molecular weight is 364 g/mol. The average Bonchev–Trinajstić information content (AvgIpc) is 2.99. The molecule has 0 radical (unpaired) electrons. The lowest BCUT2D eigenvalue weighted by molar-refractivity contribution is -0.130. The van der Waals surface area contributed by atoms with E-state index < -0.39 is 5.41 Å². The second-order valence-electron chi connectivity index (χ2n) is 7.67. The molecule has 0 aromatic heterocycles. The third-order valence-electron chi connectivity index (χ3n) is 6.15. The Bertz CT molecular complexity index is 717. The molecule has 0 aliphatic carbocycles. The summed E-state index contributed by atoms with van der Waals surface area (Å²) in [6.07, 6.45) is 1.000. The summed E-state index contributed by atoms with van der Waals surface area (Å²) in [5.41, 5.74) is 1.62. The molecule has 2 saturated heterocycles. The number of rotatable bonds is 5. The van der Waals surface area contributed by atoms with Crippen molar-refractivity contribution in [1.29, 1.82) is 0 Å². The molecule has 4 nitrogen and oxygen atoms in total. The maximum absolute atomic E-state index is 13.6. The van der Waals surface area contributed by atoms with E-state index in [0.29, 0.717) is 0 Å². The number of morpholine rings is 1. The van der Waals surface area contributed by atoms with E-state index in [9.17, 15) is 4.79 Å². The maximum Gasteiger partial charge on any atom is 0.237 e. The molecule has 1 atom stereocenters. The van der Waals surface area contributed by atoms with Gasteiger partial charge in [-0.05, 0) is 24.1 Å². The Kier molecular flexibility index (Phi) is 5.28. The van der Waals surface area contributed by atoms with Gasteiger partial charge in [-0.15, -0.1) is 0 Å². The Morgan fingerprint density at radius 2 is 1.52 bits per heavy atom. The van der Waals surface area contributed by atoms with Crippen LogP contribution >= 0.6 is 0 Å². The zero-order valence-corrected chi connectivity index (χ0v) is 16.0. The molecule has 2 heterocycles. The molecular formula is C23H28N2O2. The van der Waals surface area contributed by atoms with E-state index in [1.807, 2.05) is 48.3 Å². The van der Waals surface area contributed by atoms with E-state index in [4.69, 9.17) is 4.74 Å². The van der Waals surface area contributed by atoms with Gasteiger partial charge in [0.25, 0.3) is 0 Å². The standard InChI is InChI=1S/C23H28N2O2/c1-24-18-21(12-13-25-14-16-27-17-15-25)23(22(24)26,19-8-4-2-5-9-19)20-10-6-3-7-11-20/h2-11,21H,12-18H2,1H3. The Labute approximate surface area is 161 Å². The summed E-state index contributed by atoms with van der Waals surface area (Å²) < 4.78 is 5.48. The molecule has 142 valence electrons. The smallest absolute Gasteiger partial charge is 0.237 e. The minimum absolute atomic E-state index is 0.215. The van der Waals surface area contributed by atoms with Crippen molar-refractivity contribution >= 4 is 5.91 Å². The number of likely N-dealkylation sites (N-methyl/N-ethyl adjacent to an activating group) is 1. The summed E-state index contributed by atoms with van der Waals surface area (Å²) in [5, 5.41) is 0. The Balaban J connectivity index is 1.72. The molecule has 2 aliphatic heterocycles. The zero-order valence-electron chi connectivity index (χ0n) is 16.0. The van der Waals surface area contributed by atoms with Crippen LogP contribution < -0.4 is 0 Å². The molecule has 2 aromatic carbocycles. The van der Waals surface area contributed by atoms with Crippen molar-refractivity contribution in [2.45, 2.75) is 11.8 Å². The maximum atomic E-state index is 13.6. The minimum atomic E-state index is -0.594. The molecule has 4 rings (SSSR count). The van der Waals surface area contributed by atoms with Crippen molar-refractivity contribution in [2.75, 3.05) is 46.4 Å². The molecule has 1 amide bonds. The third kappa shape index (κ3) is 3.28. The van der Waals surface area contributed by atoms with Gasteiger partial charge in [-0.1, -0.05) is 60.7 Å². The summed E-state index contributed by atoms with van der Waals surface area (Å²) in [4.78, 5) is 18.0. The molecule has 0 bridgehead atoms. The molecule has 1 unspecified atom stereocenters. The van der Waals surface area contributed by atoms with Gasteiger partial charge in [0.15, 0.2) is 0 Å². The van der Waals surface area contributed by atoms with Crippen molar-refractivity contribution < 1.29 is 9.53 Å². The topological polar surface area (TPSA) is 32.8 Å². The number of amides is 1. The fourth-order valence-electron chi connectivity index (χ4n) is 4.78. The minimum Gasteiger partial charge on any atom is -0.379 e. The van der Waals surface area contributed by atoms with Crippen LogP contribution in [0.1, 0.15) is 17.5 Å². The van der Waals surface area contributed by atoms with Crippen LogP contribution in [-0.4, -0.2) is 62.1 Å². The fourth-order valence-corrected chi connectivity index (χ4v) is 4.78. The molecule has 0 N–H and O–H groups in total. The first-order valence-electron chi connectivity index (χ1n) is 9.89. The van der Waals surface area contributed by atoms with Crippen LogP contribution in [-0.2, 0) is 14.9 Å². The van der Waals surface area contributed by atoms with Gasteiger partial charge in [0.05, 0.1) is 13.2 Å². The van der Waals surface area contributed by atoms with Crippen molar-refractivity contribution in [3.05, 3.63) is 71.8 Å². The number of hydrogen-bond acceptors (Lipinski definition) is 3. The van der Waals surface area contributed by atoms with Crippen LogP contribution in [0.5, 0.6) is 0 Å². The van der Waals surface area contributed by atoms with Gasteiger partial charge < -0.3 is 9.64 Å². The summed E-state index contributed by atoms with van der Waals surface area (Å²) in [7, 11) is 1.94. The van der Waals surface area contributed by atoms with Crippen molar-refractivity contribution in [3.63, 3.8) is 0 Å². The molecular weight excluding hydrogens is 336 g/mol. The Morgan fingerprint density at radius 1 is 0.963 bits per heavy atom. The highest BCUT2D eigenvalue weighted by molar-refractivity contribution is 5.94. The second kappa shape index (κ2) is 7.83. The van der Waals surface area contributed by atoms with Gasteiger partial charge >= 0.3 is 0 Å². The van der Waals surface area contributed by atoms with E-state index in [1.165, 1.54) is 0 Å². The van der Waals surface area contributed by atoms with Crippen molar-refractivity contribution in [2.24, 2.45) is 5.92 Å². The lowest BCUT2D eigenvalue weighted by Crippen LogP contribution is -2.43. The molecule has 2 aromatic rings. The summed E-state index contributed by atoms with van der Waals surface area (Å²) in [6, 6.07) is 20.7. The van der Waals surface area contributed by atoms with Gasteiger partial charge in [0, 0.05) is 32.6 Å². The number of likely N-dealkylation sites (tertiary alicyclic amines) is 1. The number of carbonyl (C=O) groups is 1. The van der Waals surface area contributed by atoms with E-state index in [-0.39, 0.29) is 11.8 Å². The first-order chi connectivity index (χ1) is 13.2. The van der Waals surface area contributed by atoms with Crippen LogP contribution in [0.15, 0.2) is 60.7 Å². The summed E-state index contributed by atoms with van der Waals surface area (Å²) >= 11 is 0. The highest BCUT2D eigenvalue weighted by atomic mass is 16.5. The third-order valence-corrected chi connectivity index (χ3v) is 6.15. The van der Waals surface area contributed by atoms with Crippen molar-refractivity contribution in [3.8, 4) is 0 Å². The lowest BCUT2D eigenvalue weighted by Gasteiger charge is -2.35. The number of benzene rings is 2. The predicted molar refractivity (Wildman–Crippen MR) is 107 cm³/mol. The van der Waals surface area contributed by atoms with Gasteiger partial charge in [-0.2, -0.15) is 0 Å². The van der Waals surface area contributed by atoms with E-state index in [0.717, 1.165) is 56.9 Å². The van der Waals surface area contributed by atoms with Gasteiger partial charge in [-0.3, -0.25) is 9.69 Å². The normalized spacial score (nSPS) is 22.9. The van der Waals surface area contributed by atoms with Crippen LogP contribution in [0, 0.1) is 5.92 Å². The first-order valence-corrected chi connectivity index (χ1v) is 9.89. The van der Waals surface area contributed by atoms with Crippen LogP contribution in [0.25, 0.3) is 0 Å². The Morgan fingerprint density at radius 3 is 2.07 bits per heavy atom. The highest BCUT2D eigenvalue weighted by Crippen LogP contribution is 2.46. The lowest BCUT2D eigenvalue weighted by atomic mass is 9.66. The number of ether oxygens (including phenoxy) is 1. The molecule has 0 saturated carbocycles. The van der Waals surface area contributed by atoms with Gasteiger partial charge in [0.2, 0.25) is 5.91 Å². The SMILES string of the molecule is CN1CC(CCN2CCOCC2)C(c2ccccc2)(c2ccccc2)C1=O. The molecule has 0 spiro atoms. The molecule has 2 fully saturated rings. The monoisotopic (exact) mass is 364 g/mol. The molecule has 2 aliphatic rings. The second-order valence-corrected chi connectivity index (χ2v) is 7.67. The molecule has 27 heavy (non-hydrogen) atoms. The summed E-state index contributed by atoms with van der Waals surface area (Å²) in [5.74, 6) is 0.467. The molecule has 4 heteroatoms. The highest BCUT2D eigenvalue weighted by Gasteiger charge is 2.54. The number of nitrogens with zero attached hydrogens (tertiary/aromatic N) is 2. The van der Waals surface area contributed by atoms with E-state index >= 15 is 0 Å². The predicted octanol–water partition coefficient (Wildman–Crippen LogP) is 2.78. The van der Waals surface area contributed by atoms with Crippen LogP contribution in [0.4, 0.5) is 0 Å². The van der Waals surface area contributed by atoms with E-state index in [2.05, 4.69) is 29.2 Å². The first kappa shape index (κ1) is 18.2. The number of hydrogen-bond donors (Lipinski definition) is 0. The van der Waals surface area contributed by atoms with Crippen LogP contribution in [0.3, 0.4) is 0 Å².